The van der Waals surface area contributed by atoms with Gasteiger partial charge in [-0.1, -0.05) is 30.3 Å². The highest BCUT2D eigenvalue weighted by atomic mass is 16.5. The van der Waals surface area contributed by atoms with Gasteiger partial charge in [-0.05, 0) is 18.9 Å². The topological polar surface area (TPSA) is 55.3 Å². The molecule has 1 N–H and O–H groups in total. The van der Waals surface area contributed by atoms with Crippen LogP contribution >= 0.6 is 0 Å². The molecule has 0 spiro atoms. The van der Waals surface area contributed by atoms with E-state index in [4.69, 9.17) is 19.2 Å². The Bertz CT molecular complexity index is 602. The molecule has 2 fully saturated rings. The molecule has 1 aromatic carbocycles. The average Bonchev–Trinajstić information content (AvgIpc) is 3.21. The number of hydrogen-bond donors (Lipinski definition) is 1. The second kappa shape index (κ2) is 10.8. The molecule has 6 nitrogen and oxygen atoms in total. The van der Waals surface area contributed by atoms with Gasteiger partial charge in [0.1, 0.15) is 0 Å². The normalized spacial score (nSPS) is 22.4. The van der Waals surface area contributed by atoms with Crippen LogP contribution in [0.4, 0.5) is 0 Å². The lowest BCUT2D eigenvalue weighted by atomic mass is 9.94. The standard InChI is InChI=1S/C22H35N3O3/c1-3-23-21(24-18-22(26-2)10-13-27-14-11-22)25-12-9-20(15-25)17-28-16-19-7-5-4-6-8-19/h4-8,20H,3,9-18H2,1-2H3,(H,23,24). The molecule has 156 valence electrons. The summed E-state index contributed by atoms with van der Waals surface area (Å²) in [5.74, 6) is 1.54. The molecule has 2 saturated heterocycles. The van der Waals surface area contributed by atoms with Crippen LogP contribution in [-0.4, -0.2) is 69.6 Å². The van der Waals surface area contributed by atoms with E-state index in [-0.39, 0.29) is 5.60 Å². The Kier molecular flexibility index (Phi) is 8.13. The van der Waals surface area contributed by atoms with Crippen molar-refractivity contribution >= 4 is 5.96 Å². The maximum Gasteiger partial charge on any atom is 0.194 e. The number of guanidine groups is 1. The lowest BCUT2D eigenvalue weighted by molar-refractivity contribution is -0.0829. The predicted octanol–water partition coefficient (Wildman–Crippen LogP) is 2.69. The first-order valence-corrected chi connectivity index (χ1v) is 10.5. The number of rotatable bonds is 8. The molecule has 1 unspecified atom stereocenters. The molecule has 0 saturated carbocycles. The van der Waals surface area contributed by atoms with Crippen molar-refractivity contribution in [1.29, 1.82) is 0 Å². The summed E-state index contributed by atoms with van der Waals surface area (Å²) < 4.78 is 17.3. The molecule has 2 aliphatic heterocycles. The van der Waals surface area contributed by atoms with Crippen LogP contribution in [0.25, 0.3) is 0 Å². The monoisotopic (exact) mass is 389 g/mol. The summed E-state index contributed by atoms with van der Waals surface area (Å²) in [5.41, 5.74) is 1.05. The lowest BCUT2D eigenvalue weighted by Crippen LogP contribution is -2.44. The number of ether oxygens (including phenoxy) is 3. The van der Waals surface area contributed by atoms with Crippen molar-refractivity contribution in [2.45, 2.75) is 38.4 Å². The van der Waals surface area contributed by atoms with Crippen molar-refractivity contribution in [3.63, 3.8) is 0 Å². The van der Waals surface area contributed by atoms with Crippen LogP contribution in [0.5, 0.6) is 0 Å². The van der Waals surface area contributed by atoms with E-state index < -0.39 is 0 Å². The van der Waals surface area contributed by atoms with Gasteiger partial charge in [-0.15, -0.1) is 0 Å². The SMILES string of the molecule is CCNC(=NCC1(OC)CCOCC1)N1CCC(COCc2ccccc2)C1. The van der Waals surface area contributed by atoms with E-state index in [0.29, 0.717) is 19.1 Å². The third-order valence-electron chi connectivity index (χ3n) is 5.74. The van der Waals surface area contributed by atoms with E-state index in [1.54, 1.807) is 7.11 Å². The van der Waals surface area contributed by atoms with Crippen molar-refractivity contribution in [1.82, 2.24) is 10.2 Å². The predicted molar refractivity (Wildman–Crippen MR) is 112 cm³/mol. The summed E-state index contributed by atoms with van der Waals surface area (Å²) in [4.78, 5) is 7.30. The van der Waals surface area contributed by atoms with Gasteiger partial charge in [0.2, 0.25) is 0 Å². The summed E-state index contributed by atoms with van der Waals surface area (Å²) in [6, 6.07) is 10.4. The van der Waals surface area contributed by atoms with E-state index in [0.717, 1.165) is 64.7 Å². The molecule has 0 bridgehead atoms. The van der Waals surface area contributed by atoms with Crippen LogP contribution in [0.15, 0.2) is 35.3 Å². The number of nitrogens with one attached hydrogen (secondary N) is 1. The van der Waals surface area contributed by atoms with Crippen molar-refractivity contribution < 1.29 is 14.2 Å². The molecular formula is C22H35N3O3. The molecule has 1 atom stereocenters. The summed E-state index contributed by atoms with van der Waals surface area (Å²) in [5, 5.41) is 3.46. The smallest absolute Gasteiger partial charge is 0.194 e. The highest BCUT2D eigenvalue weighted by Gasteiger charge is 2.33. The summed E-state index contributed by atoms with van der Waals surface area (Å²) in [7, 11) is 1.80. The average molecular weight is 390 g/mol. The van der Waals surface area contributed by atoms with Crippen LogP contribution in [0.3, 0.4) is 0 Å². The van der Waals surface area contributed by atoms with E-state index in [9.17, 15) is 0 Å². The minimum absolute atomic E-state index is 0.184. The Morgan fingerprint density at radius 3 is 2.79 bits per heavy atom. The van der Waals surface area contributed by atoms with Gasteiger partial charge < -0.3 is 24.4 Å². The van der Waals surface area contributed by atoms with Crippen molar-refractivity contribution in [3.8, 4) is 0 Å². The fourth-order valence-corrected chi connectivity index (χ4v) is 3.89. The van der Waals surface area contributed by atoms with Gasteiger partial charge in [0.15, 0.2) is 5.96 Å². The quantitative estimate of drug-likeness (QED) is 0.547. The number of likely N-dealkylation sites (tertiary alicyclic amines) is 1. The fourth-order valence-electron chi connectivity index (χ4n) is 3.89. The van der Waals surface area contributed by atoms with Crippen molar-refractivity contribution in [3.05, 3.63) is 35.9 Å². The Hall–Kier alpha value is -1.63. The van der Waals surface area contributed by atoms with E-state index in [1.807, 2.05) is 6.07 Å². The largest absolute Gasteiger partial charge is 0.381 e. The molecule has 0 amide bonds. The second-order valence-electron chi connectivity index (χ2n) is 7.77. The molecule has 2 aliphatic rings. The number of benzene rings is 1. The molecule has 0 aromatic heterocycles. The maximum absolute atomic E-state index is 5.96. The first kappa shape index (κ1) is 21.1. The van der Waals surface area contributed by atoms with E-state index in [2.05, 4.69) is 41.4 Å². The van der Waals surface area contributed by atoms with Crippen LogP contribution in [0, 0.1) is 5.92 Å². The summed E-state index contributed by atoms with van der Waals surface area (Å²) in [6.45, 7) is 8.67. The lowest BCUT2D eigenvalue weighted by Gasteiger charge is -2.35. The second-order valence-corrected chi connectivity index (χ2v) is 7.77. The molecular weight excluding hydrogens is 354 g/mol. The number of methoxy groups -OCH3 is 1. The first-order valence-electron chi connectivity index (χ1n) is 10.5. The van der Waals surface area contributed by atoms with Crippen LogP contribution in [0.1, 0.15) is 31.7 Å². The van der Waals surface area contributed by atoms with Crippen LogP contribution < -0.4 is 5.32 Å². The van der Waals surface area contributed by atoms with E-state index >= 15 is 0 Å². The summed E-state index contributed by atoms with van der Waals surface area (Å²) in [6.07, 6.45) is 2.95. The zero-order valence-corrected chi connectivity index (χ0v) is 17.4. The Morgan fingerprint density at radius 2 is 2.07 bits per heavy atom. The Balaban J connectivity index is 1.50. The zero-order chi connectivity index (χ0) is 19.7. The molecule has 0 radical (unpaired) electrons. The molecule has 0 aliphatic carbocycles. The third-order valence-corrected chi connectivity index (χ3v) is 5.74. The van der Waals surface area contributed by atoms with Gasteiger partial charge in [-0.25, -0.2) is 0 Å². The minimum Gasteiger partial charge on any atom is -0.381 e. The molecule has 28 heavy (non-hydrogen) atoms. The number of hydrogen-bond acceptors (Lipinski definition) is 4. The molecule has 2 heterocycles. The highest BCUT2D eigenvalue weighted by molar-refractivity contribution is 5.80. The Morgan fingerprint density at radius 1 is 1.29 bits per heavy atom. The van der Waals surface area contributed by atoms with Gasteiger partial charge in [-0.3, -0.25) is 4.99 Å². The van der Waals surface area contributed by atoms with Crippen LogP contribution in [0.2, 0.25) is 0 Å². The minimum atomic E-state index is -0.184. The molecule has 3 rings (SSSR count). The van der Waals surface area contributed by atoms with Gasteiger partial charge in [0.25, 0.3) is 0 Å². The molecule has 6 heteroatoms. The van der Waals surface area contributed by atoms with Gasteiger partial charge in [0.05, 0.1) is 25.4 Å². The van der Waals surface area contributed by atoms with Crippen LogP contribution in [-0.2, 0) is 20.8 Å². The Labute approximate surface area is 169 Å². The first-order chi connectivity index (χ1) is 13.7. The van der Waals surface area contributed by atoms with Gasteiger partial charge >= 0.3 is 0 Å². The van der Waals surface area contributed by atoms with Crippen molar-refractivity contribution in [2.75, 3.05) is 53.1 Å². The number of aliphatic imine (C=N–C) groups is 1. The third kappa shape index (κ3) is 5.93. The summed E-state index contributed by atoms with van der Waals surface area (Å²) >= 11 is 0. The zero-order valence-electron chi connectivity index (χ0n) is 17.4. The number of nitrogens with zero attached hydrogens (tertiary/aromatic N) is 2. The van der Waals surface area contributed by atoms with Gasteiger partial charge in [-0.2, -0.15) is 0 Å². The van der Waals surface area contributed by atoms with Crippen molar-refractivity contribution in [2.24, 2.45) is 10.9 Å². The maximum atomic E-state index is 5.96. The van der Waals surface area contributed by atoms with Gasteiger partial charge in [0, 0.05) is 58.7 Å². The molecule has 1 aromatic rings. The highest BCUT2D eigenvalue weighted by Crippen LogP contribution is 2.25. The van der Waals surface area contributed by atoms with E-state index in [1.165, 1.54) is 5.56 Å². The fraction of sp³-hybridized carbons (Fsp3) is 0.682.